The molecular weight excluding hydrogens is 453 g/mol. The highest BCUT2D eigenvalue weighted by Gasteiger charge is 2.20. The van der Waals surface area contributed by atoms with Crippen molar-refractivity contribution < 1.29 is 4.79 Å². The highest BCUT2D eigenvalue weighted by Crippen LogP contribution is 2.35. The number of aromatic nitrogens is 1. The molecule has 4 nitrogen and oxygen atoms in total. The first-order chi connectivity index (χ1) is 15.9. The molecule has 0 saturated heterocycles. The Hall–Kier alpha value is -3.08. The summed E-state index contributed by atoms with van der Waals surface area (Å²) < 4.78 is 0. The zero-order chi connectivity index (χ0) is 23.5. The Bertz CT molecular complexity index is 1320. The smallest absolute Gasteiger partial charge is 0.256 e. The molecule has 6 heteroatoms. The van der Waals surface area contributed by atoms with Gasteiger partial charge in [-0.3, -0.25) is 4.79 Å². The van der Waals surface area contributed by atoms with Crippen molar-refractivity contribution in [3.8, 4) is 11.3 Å². The van der Waals surface area contributed by atoms with Crippen molar-refractivity contribution in [1.29, 1.82) is 0 Å². The molecule has 1 aromatic heterocycles. The van der Waals surface area contributed by atoms with Crippen molar-refractivity contribution in [1.82, 2.24) is 4.98 Å². The number of hydrogen-bond acceptors (Lipinski definition) is 3. The second kappa shape index (κ2) is 9.82. The fourth-order valence-electron chi connectivity index (χ4n) is 4.08. The van der Waals surface area contributed by atoms with Crippen LogP contribution in [0.15, 0.2) is 66.7 Å². The van der Waals surface area contributed by atoms with Gasteiger partial charge in [-0.15, -0.1) is 0 Å². The van der Waals surface area contributed by atoms with Crippen molar-refractivity contribution in [3.05, 3.63) is 87.9 Å². The largest absolute Gasteiger partial charge is 0.372 e. The third kappa shape index (κ3) is 4.68. The summed E-state index contributed by atoms with van der Waals surface area (Å²) in [6.07, 6.45) is 0. The molecule has 0 atom stereocenters. The van der Waals surface area contributed by atoms with Crippen LogP contribution in [0.3, 0.4) is 0 Å². The molecule has 0 saturated carbocycles. The quantitative estimate of drug-likeness (QED) is 0.310. The Balaban J connectivity index is 1.76. The Morgan fingerprint density at radius 3 is 2.33 bits per heavy atom. The monoisotopic (exact) mass is 477 g/mol. The van der Waals surface area contributed by atoms with E-state index in [0.29, 0.717) is 21.3 Å². The Kier molecular flexibility index (Phi) is 6.87. The summed E-state index contributed by atoms with van der Waals surface area (Å²) in [5.74, 6) is -0.187. The topological polar surface area (TPSA) is 45.2 Å². The maximum absolute atomic E-state index is 13.5. The van der Waals surface area contributed by atoms with Crippen LogP contribution in [0.2, 0.25) is 10.0 Å². The number of amides is 1. The van der Waals surface area contributed by atoms with E-state index < -0.39 is 0 Å². The van der Waals surface area contributed by atoms with Crippen molar-refractivity contribution in [2.75, 3.05) is 23.3 Å². The molecule has 1 N–H and O–H groups in total. The van der Waals surface area contributed by atoms with Gasteiger partial charge in [0.1, 0.15) is 0 Å². The van der Waals surface area contributed by atoms with Gasteiger partial charge in [0, 0.05) is 40.4 Å². The van der Waals surface area contributed by atoms with E-state index in [1.165, 1.54) is 0 Å². The molecule has 0 unspecified atom stereocenters. The minimum Gasteiger partial charge on any atom is -0.372 e. The van der Waals surface area contributed by atoms with E-state index in [1.807, 2.05) is 61.5 Å². The molecular formula is C27H25Cl2N3O. The second-order valence-corrected chi connectivity index (χ2v) is 8.62. The lowest BCUT2D eigenvalue weighted by molar-refractivity contribution is 0.102. The average Bonchev–Trinajstić information content (AvgIpc) is 2.81. The fraction of sp³-hybridized carbons (Fsp3) is 0.185. The fourth-order valence-corrected chi connectivity index (χ4v) is 4.58. The SMILES string of the molecule is CCN(CC)c1ccc(NC(=O)c2c(C)c(-c3ccc(Cl)cc3Cl)nc3ccccc23)cc1. The summed E-state index contributed by atoms with van der Waals surface area (Å²) in [5, 5.41) is 4.89. The van der Waals surface area contributed by atoms with E-state index in [1.54, 1.807) is 12.1 Å². The van der Waals surface area contributed by atoms with Crippen LogP contribution in [0.5, 0.6) is 0 Å². The number of nitrogens with one attached hydrogen (secondary N) is 1. The molecule has 3 aromatic carbocycles. The Morgan fingerprint density at radius 2 is 1.67 bits per heavy atom. The number of anilines is 2. The van der Waals surface area contributed by atoms with E-state index >= 15 is 0 Å². The number of benzene rings is 3. The number of rotatable bonds is 6. The van der Waals surface area contributed by atoms with Crippen molar-refractivity contribution in [2.45, 2.75) is 20.8 Å². The van der Waals surface area contributed by atoms with Gasteiger partial charge in [-0.05, 0) is 74.9 Å². The maximum atomic E-state index is 13.5. The third-order valence-electron chi connectivity index (χ3n) is 5.80. The molecule has 33 heavy (non-hydrogen) atoms. The molecule has 168 valence electrons. The number of para-hydroxylation sites is 1. The highest BCUT2D eigenvalue weighted by molar-refractivity contribution is 6.36. The lowest BCUT2D eigenvalue weighted by Gasteiger charge is -2.21. The molecule has 0 spiro atoms. The number of carbonyl (C=O) groups is 1. The van der Waals surface area contributed by atoms with Crippen LogP contribution in [0.1, 0.15) is 29.8 Å². The van der Waals surface area contributed by atoms with Gasteiger partial charge in [0.15, 0.2) is 0 Å². The van der Waals surface area contributed by atoms with Gasteiger partial charge in [-0.1, -0.05) is 41.4 Å². The molecule has 0 aliphatic rings. The number of hydrogen-bond donors (Lipinski definition) is 1. The van der Waals surface area contributed by atoms with Gasteiger partial charge in [0.2, 0.25) is 0 Å². The van der Waals surface area contributed by atoms with Crippen LogP contribution < -0.4 is 10.2 Å². The van der Waals surface area contributed by atoms with Crippen LogP contribution in [0.25, 0.3) is 22.2 Å². The normalized spacial score (nSPS) is 10.9. The van der Waals surface area contributed by atoms with E-state index in [4.69, 9.17) is 28.2 Å². The van der Waals surface area contributed by atoms with Gasteiger partial charge in [-0.2, -0.15) is 0 Å². The molecule has 0 fully saturated rings. The number of pyridine rings is 1. The zero-order valence-electron chi connectivity index (χ0n) is 18.8. The van der Waals surface area contributed by atoms with E-state index in [9.17, 15) is 4.79 Å². The summed E-state index contributed by atoms with van der Waals surface area (Å²) in [6, 6.07) is 20.9. The average molecular weight is 478 g/mol. The van der Waals surface area contributed by atoms with Crippen LogP contribution in [0, 0.1) is 6.92 Å². The standard InChI is InChI=1S/C27H25Cl2N3O/c1-4-32(5-2)20-13-11-19(12-14-20)30-27(33)25-17(3)26(21-15-10-18(28)16-23(21)29)31-24-9-7-6-8-22(24)25/h6-16H,4-5H2,1-3H3,(H,30,33). The summed E-state index contributed by atoms with van der Waals surface area (Å²) in [5.41, 5.74) is 5.33. The van der Waals surface area contributed by atoms with E-state index in [2.05, 4.69) is 24.1 Å². The molecule has 0 bridgehead atoms. The van der Waals surface area contributed by atoms with Gasteiger partial charge >= 0.3 is 0 Å². The lowest BCUT2D eigenvalue weighted by atomic mass is 9.97. The highest BCUT2D eigenvalue weighted by atomic mass is 35.5. The van der Waals surface area contributed by atoms with Gasteiger partial charge in [-0.25, -0.2) is 4.98 Å². The molecule has 4 aromatic rings. The molecule has 4 rings (SSSR count). The number of fused-ring (bicyclic) bond motifs is 1. The summed E-state index contributed by atoms with van der Waals surface area (Å²) in [7, 11) is 0. The van der Waals surface area contributed by atoms with Crippen LogP contribution >= 0.6 is 23.2 Å². The number of carbonyl (C=O) groups excluding carboxylic acids is 1. The van der Waals surface area contributed by atoms with Crippen molar-refractivity contribution >= 4 is 51.4 Å². The number of nitrogens with zero attached hydrogens (tertiary/aromatic N) is 2. The molecule has 0 radical (unpaired) electrons. The summed E-state index contributed by atoms with van der Waals surface area (Å²) >= 11 is 12.6. The van der Waals surface area contributed by atoms with E-state index in [-0.39, 0.29) is 5.91 Å². The second-order valence-electron chi connectivity index (χ2n) is 7.78. The Labute approximate surface area is 204 Å². The van der Waals surface area contributed by atoms with Gasteiger partial charge in [0.05, 0.1) is 21.8 Å². The molecule has 0 aliphatic heterocycles. The summed E-state index contributed by atoms with van der Waals surface area (Å²) in [4.78, 5) is 20.6. The van der Waals surface area contributed by atoms with Crippen LogP contribution in [-0.2, 0) is 0 Å². The van der Waals surface area contributed by atoms with Gasteiger partial charge < -0.3 is 10.2 Å². The Morgan fingerprint density at radius 1 is 0.970 bits per heavy atom. The first-order valence-corrected chi connectivity index (χ1v) is 11.7. The lowest BCUT2D eigenvalue weighted by Crippen LogP contribution is -2.21. The maximum Gasteiger partial charge on any atom is 0.256 e. The molecule has 1 amide bonds. The zero-order valence-corrected chi connectivity index (χ0v) is 20.3. The van der Waals surface area contributed by atoms with E-state index in [0.717, 1.165) is 46.5 Å². The minimum absolute atomic E-state index is 0.187. The van der Waals surface area contributed by atoms with Crippen molar-refractivity contribution in [3.63, 3.8) is 0 Å². The number of halogens is 2. The molecule has 0 aliphatic carbocycles. The predicted octanol–water partition coefficient (Wildman–Crippen LogP) is 7.62. The first kappa shape index (κ1) is 23.1. The predicted molar refractivity (Wildman–Crippen MR) is 140 cm³/mol. The van der Waals surface area contributed by atoms with Crippen LogP contribution in [-0.4, -0.2) is 24.0 Å². The summed E-state index contributed by atoms with van der Waals surface area (Å²) in [6.45, 7) is 8.01. The molecule has 1 heterocycles. The first-order valence-electron chi connectivity index (χ1n) is 10.9. The minimum atomic E-state index is -0.187. The van der Waals surface area contributed by atoms with Crippen molar-refractivity contribution in [2.24, 2.45) is 0 Å². The van der Waals surface area contributed by atoms with Gasteiger partial charge in [0.25, 0.3) is 5.91 Å². The van der Waals surface area contributed by atoms with Crippen LogP contribution in [0.4, 0.5) is 11.4 Å². The third-order valence-corrected chi connectivity index (χ3v) is 6.35.